The highest BCUT2D eigenvalue weighted by Crippen LogP contribution is 2.21. The standard InChI is InChI=1S/C26H35ClN8O/c1-32-30-26(29-31-32)20-2-6-22(7-3-20)28-23-10-14-35(15-11-23)25(36)12-13-33-16-18-34(19-17-33)24-8-4-21(27)5-9-24/h2-9,23,28,31H,10-19H2,1H3,(H,29,30). The first-order valence-corrected chi connectivity index (χ1v) is 13.1. The van der Waals surface area contributed by atoms with Crippen LogP contribution in [0.5, 0.6) is 0 Å². The van der Waals surface area contributed by atoms with Crippen molar-refractivity contribution in [2.45, 2.75) is 25.3 Å². The number of benzene rings is 2. The van der Waals surface area contributed by atoms with Crippen molar-refractivity contribution in [1.29, 1.82) is 0 Å². The average molecular weight is 511 g/mol. The lowest BCUT2D eigenvalue weighted by atomic mass is 10.0. The lowest BCUT2D eigenvalue weighted by Gasteiger charge is -2.37. The number of hydrogen-bond acceptors (Lipinski definition) is 8. The molecule has 192 valence electrons. The number of likely N-dealkylation sites (tertiary alicyclic amines) is 1. The maximum Gasteiger partial charge on any atom is 0.223 e. The van der Waals surface area contributed by atoms with Gasteiger partial charge in [0.2, 0.25) is 5.91 Å². The van der Waals surface area contributed by atoms with Crippen LogP contribution in [-0.2, 0) is 4.79 Å². The summed E-state index contributed by atoms with van der Waals surface area (Å²) in [5.41, 5.74) is 9.31. The van der Waals surface area contributed by atoms with Gasteiger partial charge in [0.05, 0.1) is 0 Å². The number of carbonyl (C=O) groups excluding carboxylic acids is 1. The minimum atomic E-state index is 0.279. The van der Waals surface area contributed by atoms with Gasteiger partial charge in [-0.2, -0.15) is 0 Å². The number of amidine groups is 1. The van der Waals surface area contributed by atoms with Crippen molar-refractivity contribution in [2.24, 2.45) is 5.10 Å². The van der Waals surface area contributed by atoms with Crippen LogP contribution in [0.15, 0.2) is 53.6 Å². The number of amides is 1. The van der Waals surface area contributed by atoms with Gasteiger partial charge in [-0.1, -0.05) is 11.6 Å². The summed E-state index contributed by atoms with van der Waals surface area (Å²) in [6.45, 7) is 6.39. The molecule has 3 N–H and O–H groups in total. The molecule has 9 nitrogen and oxygen atoms in total. The van der Waals surface area contributed by atoms with Crippen LogP contribution >= 0.6 is 11.6 Å². The Balaban J connectivity index is 1.00. The van der Waals surface area contributed by atoms with E-state index >= 15 is 0 Å². The van der Waals surface area contributed by atoms with Crippen LogP contribution in [0.1, 0.15) is 24.8 Å². The largest absolute Gasteiger partial charge is 0.382 e. The molecule has 0 spiro atoms. The van der Waals surface area contributed by atoms with Gasteiger partial charge in [0, 0.05) is 87.3 Å². The van der Waals surface area contributed by atoms with Crippen LogP contribution in [0.25, 0.3) is 0 Å². The van der Waals surface area contributed by atoms with E-state index in [4.69, 9.17) is 11.6 Å². The molecule has 5 rings (SSSR count). The first kappa shape index (κ1) is 24.7. The second-order valence-electron chi connectivity index (χ2n) is 9.64. The molecule has 2 saturated heterocycles. The fraction of sp³-hybridized carbons (Fsp3) is 0.462. The van der Waals surface area contributed by atoms with E-state index < -0.39 is 0 Å². The highest BCUT2D eigenvalue weighted by molar-refractivity contribution is 6.30. The number of hydrogen-bond donors (Lipinski definition) is 3. The predicted octanol–water partition coefficient (Wildman–Crippen LogP) is 2.57. The summed E-state index contributed by atoms with van der Waals surface area (Å²) in [6.07, 6.45) is 2.54. The number of halogens is 1. The van der Waals surface area contributed by atoms with Gasteiger partial charge in [-0.3, -0.25) is 15.1 Å². The van der Waals surface area contributed by atoms with E-state index in [-0.39, 0.29) is 5.91 Å². The van der Waals surface area contributed by atoms with E-state index in [0.717, 1.165) is 80.8 Å². The molecule has 0 unspecified atom stereocenters. The fourth-order valence-electron chi connectivity index (χ4n) is 4.99. The van der Waals surface area contributed by atoms with Crippen LogP contribution < -0.4 is 21.2 Å². The summed E-state index contributed by atoms with van der Waals surface area (Å²) in [5.74, 6) is 1.08. The van der Waals surface area contributed by atoms with Gasteiger partial charge in [-0.15, -0.1) is 10.6 Å². The van der Waals surface area contributed by atoms with Crippen molar-refractivity contribution in [2.75, 3.05) is 63.1 Å². The Labute approximate surface area is 218 Å². The molecule has 2 fully saturated rings. The van der Waals surface area contributed by atoms with E-state index in [1.54, 1.807) is 5.12 Å². The fourth-order valence-corrected chi connectivity index (χ4v) is 5.12. The predicted molar refractivity (Wildman–Crippen MR) is 145 cm³/mol. The quantitative estimate of drug-likeness (QED) is 0.528. The van der Waals surface area contributed by atoms with Gasteiger partial charge in [0.25, 0.3) is 0 Å². The van der Waals surface area contributed by atoms with Gasteiger partial charge in [-0.25, -0.2) is 5.12 Å². The van der Waals surface area contributed by atoms with Gasteiger partial charge >= 0.3 is 0 Å². The van der Waals surface area contributed by atoms with Crippen molar-refractivity contribution in [1.82, 2.24) is 25.9 Å². The minimum absolute atomic E-state index is 0.279. The maximum absolute atomic E-state index is 12.8. The van der Waals surface area contributed by atoms with E-state index in [9.17, 15) is 4.79 Å². The molecule has 0 radical (unpaired) electrons. The number of rotatable bonds is 7. The number of nitrogens with zero attached hydrogens (tertiary/aromatic N) is 5. The van der Waals surface area contributed by atoms with Crippen molar-refractivity contribution in [3.8, 4) is 0 Å². The molecule has 0 atom stereocenters. The topological polar surface area (TPSA) is 78.5 Å². The third kappa shape index (κ3) is 6.21. The Hall–Kier alpha value is -3.01. The normalized spacial score (nSPS) is 19.3. The monoisotopic (exact) mass is 510 g/mol. The second-order valence-corrected chi connectivity index (χ2v) is 10.1. The smallest absolute Gasteiger partial charge is 0.223 e. The van der Waals surface area contributed by atoms with Crippen LogP contribution in [0.4, 0.5) is 11.4 Å². The zero-order chi connectivity index (χ0) is 24.9. The molecule has 3 aliphatic heterocycles. The summed E-state index contributed by atoms with van der Waals surface area (Å²) in [6, 6.07) is 16.7. The molecule has 1 amide bonds. The molecule has 0 saturated carbocycles. The highest BCUT2D eigenvalue weighted by Gasteiger charge is 2.24. The molecule has 0 bridgehead atoms. The minimum Gasteiger partial charge on any atom is -0.382 e. The highest BCUT2D eigenvalue weighted by atomic mass is 35.5. The number of hydrazone groups is 1. The summed E-state index contributed by atoms with van der Waals surface area (Å²) < 4.78 is 0. The third-order valence-electron chi connectivity index (χ3n) is 7.17. The first-order chi connectivity index (χ1) is 17.5. The molecule has 2 aromatic rings. The van der Waals surface area contributed by atoms with E-state index in [1.165, 1.54) is 5.69 Å². The SMILES string of the molecule is CN1N=C(c2ccc(NC3CCN(C(=O)CCN4CCN(c5ccc(Cl)cc5)CC4)CC3)cc2)NN1. The molecule has 0 aromatic heterocycles. The molecule has 3 heterocycles. The van der Waals surface area contributed by atoms with Crippen LogP contribution in [0, 0.1) is 0 Å². The number of piperidine rings is 1. The molecule has 0 aliphatic carbocycles. The van der Waals surface area contributed by atoms with Gasteiger partial charge < -0.3 is 15.1 Å². The van der Waals surface area contributed by atoms with Crippen molar-refractivity contribution in [3.05, 3.63) is 59.1 Å². The summed E-state index contributed by atoms with van der Waals surface area (Å²) in [7, 11) is 1.84. The lowest BCUT2D eigenvalue weighted by molar-refractivity contribution is -0.132. The summed E-state index contributed by atoms with van der Waals surface area (Å²) in [4.78, 5) is 19.7. The second kappa shape index (κ2) is 11.4. The molecule has 2 aromatic carbocycles. The van der Waals surface area contributed by atoms with E-state index in [0.29, 0.717) is 12.5 Å². The average Bonchev–Trinajstić information content (AvgIpc) is 3.35. The summed E-state index contributed by atoms with van der Waals surface area (Å²) >= 11 is 6.01. The maximum atomic E-state index is 12.8. The molecule has 36 heavy (non-hydrogen) atoms. The van der Waals surface area contributed by atoms with Crippen molar-refractivity contribution < 1.29 is 4.79 Å². The summed E-state index contributed by atoms with van der Waals surface area (Å²) in [5, 5.41) is 10.4. The first-order valence-electron chi connectivity index (χ1n) is 12.7. The Morgan fingerprint density at radius 1 is 1.00 bits per heavy atom. The van der Waals surface area contributed by atoms with Gasteiger partial charge in [0.1, 0.15) is 0 Å². The Kier molecular flexibility index (Phi) is 7.79. The Morgan fingerprint density at radius 3 is 2.33 bits per heavy atom. The number of hydrazine groups is 2. The number of piperazine rings is 1. The molecule has 3 aliphatic rings. The Morgan fingerprint density at radius 2 is 1.69 bits per heavy atom. The van der Waals surface area contributed by atoms with Crippen LogP contribution in [-0.4, -0.2) is 85.6 Å². The van der Waals surface area contributed by atoms with E-state index in [2.05, 4.69) is 67.6 Å². The van der Waals surface area contributed by atoms with E-state index in [1.807, 2.05) is 24.1 Å². The zero-order valence-electron chi connectivity index (χ0n) is 20.8. The number of nitrogens with one attached hydrogen (secondary N) is 3. The molecular weight excluding hydrogens is 476 g/mol. The zero-order valence-corrected chi connectivity index (χ0v) is 21.5. The lowest BCUT2D eigenvalue weighted by Crippen LogP contribution is -2.48. The van der Waals surface area contributed by atoms with Crippen LogP contribution in [0.2, 0.25) is 5.02 Å². The third-order valence-corrected chi connectivity index (χ3v) is 7.42. The Bertz CT molecular complexity index is 1040. The van der Waals surface area contributed by atoms with Crippen molar-refractivity contribution >= 4 is 34.7 Å². The van der Waals surface area contributed by atoms with Crippen LogP contribution in [0.3, 0.4) is 0 Å². The molecule has 10 heteroatoms. The number of carbonyl (C=O) groups is 1. The molecular formula is C26H35ClN8O. The van der Waals surface area contributed by atoms with Gasteiger partial charge in [0.15, 0.2) is 5.84 Å². The van der Waals surface area contributed by atoms with Gasteiger partial charge in [-0.05, 0) is 61.4 Å². The van der Waals surface area contributed by atoms with Crippen molar-refractivity contribution in [3.63, 3.8) is 0 Å². The number of anilines is 2.